The number of nitrogens with zero attached hydrogens (tertiary/aromatic N) is 1. The lowest BCUT2D eigenvalue weighted by molar-refractivity contribution is -0.143. The third-order valence-corrected chi connectivity index (χ3v) is 1.26. The highest BCUT2D eigenvalue weighted by molar-refractivity contribution is 5.69. The normalized spacial score (nSPS) is 13.1. The monoisotopic (exact) mass is 174 g/mol. The van der Waals surface area contributed by atoms with Gasteiger partial charge in [0, 0.05) is 20.1 Å². The number of hydrazine groups is 1. The number of nitrogens with one attached hydrogen (secondary N) is 1. The summed E-state index contributed by atoms with van der Waals surface area (Å²) in [5, 5.41) is 1.82. The molecule has 0 rings (SSSR count). The standard InChI is InChI=1S/C8H18N2O2/c1-5-12-8(11)6-7(2)9-10(3)4/h7,9H,5-6H2,1-4H3. The van der Waals surface area contributed by atoms with Crippen molar-refractivity contribution in [1.29, 1.82) is 0 Å². The van der Waals surface area contributed by atoms with Crippen molar-refractivity contribution < 1.29 is 9.53 Å². The van der Waals surface area contributed by atoms with Crippen molar-refractivity contribution in [3.8, 4) is 0 Å². The van der Waals surface area contributed by atoms with Gasteiger partial charge in [-0.15, -0.1) is 0 Å². The molecule has 0 aliphatic heterocycles. The maximum Gasteiger partial charge on any atom is 0.307 e. The molecule has 1 unspecified atom stereocenters. The van der Waals surface area contributed by atoms with E-state index in [9.17, 15) is 4.79 Å². The predicted octanol–water partition coefficient (Wildman–Crippen LogP) is 0.394. The van der Waals surface area contributed by atoms with Crippen LogP contribution in [0.4, 0.5) is 0 Å². The number of carbonyl (C=O) groups is 1. The summed E-state index contributed by atoms with van der Waals surface area (Å²) in [4.78, 5) is 11.0. The van der Waals surface area contributed by atoms with Gasteiger partial charge in [-0.1, -0.05) is 0 Å². The summed E-state index contributed by atoms with van der Waals surface area (Å²) in [6, 6.07) is 0.124. The molecular weight excluding hydrogens is 156 g/mol. The molecule has 0 fully saturated rings. The van der Waals surface area contributed by atoms with E-state index in [1.807, 2.05) is 33.0 Å². The lowest BCUT2D eigenvalue weighted by atomic mass is 10.2. The van der Waals surface area contributed by atoms with Gasteiger partial charge in [0.25, 0.3) is 0 Å². The van der Waals surface area contributed by atoms with Crippen LogP contribution in [0.2, 0.25) is 0 Å². The highest BCUT2D eigenvalue weighted by atomic mass is 16.5. The van der Waals surface area contributed by atoms with Crippen LogP contribution in [0.25, 0.3) is 0 Å². The van der Waals surface area contributed by atoms with Crippen LogP contribution in [0.15, 0.2) is 0 Å². The third-order valence-electron chi connectivity index (χ3n) is 1.26. The van der Waals surface area contributed by atoms with Gasteiger partial charge in [-0.05, 0) is 13.8 Å². The first kappa shape index (κ1) is 11.4. The SMILES string of the molecule is CCOC(=O)CC(C)NN(C)C. The molecule has 0 spiro atoms. The Morgan fingerprint density at radius 1 is 1.58 bits per heavy atom. The van der Waals surface area contributed by atoms with Crippen LogP contribution in [0.3, 0.4) is 0 Å². The van der Waals surface area contributed by atoms with E-state index in [-0.39, 0.29) is 12.0 Å². The van der Waals surface area contributed by atoms with Crippen LogP contribution in [0, 0.1) is 0 Å². The Morgan fingerprint density at radius 2 is 2.17 bits per heavy atom. The van der Waals surface area contributed by atoms with E-state index in [0.717, 1.165) is 0 Å². The Balaban J connectivity index is 3.54. The first-order valence-corrected chi connectivity index (χ1v) is 4.15. The summed E-state index contributed by atoms with van der Waals surface area (Å²) in [6.07, 6.45) is 0.409. The van der Waals surface area contributed by atoms with Crippen LogP contribution in [-0.2, 0) is 9.53 Å². The maximum absolute atomic E-state index is 11.0. The van der Waals surface area contributed by atoms with Gasteiger partial charge in [0.1, 0.15) is 0 Å². The molecule has 0 saturated heterocycles. The second kappa shape index (κ2) is 5.97. The van der Waals surface area contributed by atoms with Gasteiger partial charge in [0.15, 0.2) is 0 Å². The maximum atomic E-state index is 11.0. The average molecular weight is 174 g/mol. The quantitative estimate of drug-likeness (QED) is 0.484. The molecule has 0 aliphatic rings. The largest absolute Gasteiger partial charge is 0.466 e. The van der Waals surface area contributed by atoms with Gasteiger partial charge < -0.3 is 4.74 Å². The van der Waals surface area contributed by atoms with Crippen LogP contribution < -0.4 is 5.43 Å². The fourth-order valence-electron chi connectivity index (χ4n) is 0.956. The van der Waals surface area contributed by atoms with Crippen LogP contribution in [0.1, 0.15) is 20.3 Å². The lowest BCUT2D eigenvalue weighted by Crippen LogP contribution is -2.39. The van der Waals surface area contributed by atoms with E-state index in [1.54, 1.807) is 0 Å². The molecule has 0 amide bonds. The highest BCUT2D eigenvalue weighted by Gasteiger charge is 2.09. The minimum absolute atomic E-state index is 0.124. The summed E-state index contributed by atoms with van der Waals surface area (Å²) in [7, 11) is 3.78. The second-order valence-corrected chi connectivity index (χ2v) is 2.93. The fraction of sp³-hybridized carbons (Fsp3) is 0.875. The third kappa shape index (κ3) is 6.12. The molecule has 0 bridgehead atoms. The highest BCUT2D eigenvalue weighted by Crippen LogP contribution is 1.93. The molecule has 4 nitrogen and oxygen atoms in total. The minimum atomic E-state index is -0.153. The summed E-state index contributed by atoms with van der Waals surface area (Å²) < 4.78 is 4.80. The van der Waals surface area contributed by atoms with Gasteiger partial charge in [-0.25, -0.2) is 0 Å². The molecular formula is C8H18N2O2. The second-order valence-electron chi connectivity index (χ2n) is 2.93. The van der Waals surface area contributed by atoms with E-state index in [0.29, 0.717) is 13.0 Å². The van der Waals surface area contributed by atoms with E-state index in [1.165, 1.54) is 0 Å². The van der Waals surface area contributed by atoms with Crippen molar-refractivity contribution >= 4 is 5.97 Å². The smallest absolute Gasteiger partial charge is 0.307 e. The van der Waals surface area contributed by atoms with Gasteiger partial charge in [0.05, 0.1) is 13.0 Å². The Kier molecular flexibility index (Phi) is 5.66. The molecule has 0 aromatic heterocycles. The summed E-state index contributed by atoms with van der Waals surface area (Å²) in [6.45, 7) is 4.20. The fourth-order valence-corrected chi connectivity index (χ4v) is 0.956. The Morgan fingerprint density at radius 3 is 2.58 bits per heavy atom. The summed E-state index contributed by atoms with van der Waals surface area (Å²) >= 11 is 0. The Hall–Kier alpha value is -0.610. The predicted molar refractivity (Wildman–Crippen MR) is 47.5 cm³/mol. The van der Waals surface area contributed by atoms with Crippen molar-refractivity contribution in [3.63, 3.8) is 0 Å². The number of hydrogen-bond donors (Lipinski definition) is 1. The van der Waals surface area contributed by atoms with E-state index in [4.69, 9.17) is 4.74 Å². The molecule has 0 saturated carbocycles. The first-order valence-electron chi connectivity index (χ1n) is 4.15. The molecule has 0 aromatic carbocycles. The van der Waals surface area contributed by atoms with Gasteiger partial charge in [-0.2, -0.15) is 0 Å². The van der Waals surface area contributed by atoms with Gasteiger partial charge in [0.2, 0.25) is 0 Å². The Bertz CT molecular complexity index is 137. The van der Waals surface area contributed by atoms with Crippen molar-refractivity contribution in [2.45, 2.75) is 26.3 Å². The number of carbonyl (C=O) groups excluding carboxylic acids is 1. The molecule has 0 radical (unpaired) electrons. The topological polar surface area (TPSA) is 41.6 Å². The molecule has 1 N–H and O–H groups in total. The van der Waals surface area contributed by atoms with Crippen molar-refractivity contribution in [2.24, 2.45) is 0 Å². The number of esters is 1. The number of hydrogen-bond acceptors (Lipinski definition) is 4. The zero-order chi connectivity index (χ0) is 9.56. The zero-order valence-electron chi connectivity index (χ0n) is 8.26. The van der Waals surface area contributed by atoms with E-state index in [2.05, 4.69) is 5.43 Å². The van der Waals surface area contributed by atoms with Crippen molar-refractivity contribution in [2.75, 3.05) is 20.7 Å². The summed E-state index contributed by atoms with van der Waals surface area (Å²) in [5.41, 5.74) is 3.06. The molecule has 72 valence electrons. The van der Waals surface area contributed by atoms with Crippen molar-refractivity contribution in [1.82, 2.24) is 10.4 Å². The number of ether oxygens (including phenoxy) is 1. The van der Waals surface area contributed by atoms with Gasteiger partial charge in [-0.3, -0.25) is 15.2 Å². The molecule has 0 aliphatic carbocycles. The summed E-state index contributed by atoms with van der Waals surface area (Å²) in [5.74, 6) is -0.153. The van der Waals surface area contributed by atoms with Crippen LogP contribution in [-0.4, -0.2) is 37.7 Å². The first-order chi connectivity index (χ1) is 5.56. The average Bonchev–Trinajstić information content (AvgIpc) is 1.84. The van der Waals surface area contributed by atoms with Crippen molar-refractivity contribution in [3.05, 3.63) is 0 Å². The lowest BCUT2D eigenvalue weighted by Gasteiger charge is -2.18. The molecule has 0 aromatic rings. The van der Waals surface area contributed by atoms with Crippen LogP contribution in [0.5, 0.6) is 0 Å². The number of rotatable bonds is 5. The molecule has 4 heteroatoms. The van der Waals surface area contributed by atoms with Gasteiger partial charge >= 0.3 is 5.97 Å². The Labute approximate surface area is 73.8 Å². The molecule has 12 heavy (non-hydrogen) atoms. The zero-order valence-corrected chi connectivity index (χ0v) is 8.26. The minimum Gasteiger partial charge on any atom is -0.466 e. The molecule has 0 heterocycles. The van der Waals surface area contributed by atoms with E-state index >= 15 is 0 Å². The molecule has 1 atom stereocenters. The van der Waals surface area contributed by atoms with Crippen LogP contribution >= 0.6 is 0 Å². The van der Waals surface area contributed by atoms with E-state index < -0.39 is 0 Å².